The van der Waals surface area contributed by atoms with Gasteiger partial charge in [-0.2, -0.15) is 0 Å². The maximum absolute atomic E-state index is 9.28. The summed E-state index contributed by atoms with van der Waals surface area (Å²) in [7, 11) is 0. The van der Waals surface area contributed by atoms with Gasteiger partial charge in [0.05, 0.1) is 29.6 Å². The van der Waals surface area contributed by atoms with E-state index >= 15 is 0 Å². The number of para-hydroxylation sites is 3. The number of hydrogen-bond donors (Lipinski definition) is 0. The van der Waals surface area contributed by atoms with Crippen LogP contribution in [0.4, 0.5) is 34.1 Å². The van der Waals surface area contributed by atoms with Crippen LogP contribution in [0, 0.1) is 0 Å². The quantitative estimate of drug-likeness (QED) is 0.174. The molecule has 0 saturated heterocycles. The van der Waals surface area contributed by atoms with Gasteiger partial charge < -0.3 is 9.80 Å². The van der Waals surface area contributed by atoms with Gasteiger partial charge >= 0.3 is 0 Å². The third-order valence-electron chi connectivity index (χ3n) is 13.8. The van der Waals surface area contributed by atoms with E-state index in [0.29, 0.717) is 5.69 Å². The summed E-state index contributed by atoms with van der Waals surface area (Å²) in [6.45, 7) is 4.65. The van der Waals surface area contributed by atoms with Crippen molar-refractivity contribution < 1.29 is 6.85 Å². The molecule has 0 amide bonds. The zero-order valence-corrected chi connectivity index (χ0v) is 35.9. The van der Waals surface area contributed by atoms with E-state index in [2.05, 4.69) is 183 Å². The Morgan fingerprint density at radius 2 is 0.723 bits per heavy atom. The van der Waals surface area contributed by atoms with Crippen molar-refractivity contribution in [2.45, 2.75) is 19.3 Å². The minimum absolute atomic E-state index is 0.0994. The van der Waals surface area contributed by atoms with Crippen molar-refractivity contribution >= 4 is 34.1 Å². The van der Waals surface area contributed by atoms with Gasteiger partial charge in [0.1, 0.15) is 0 Å². The van der Waals surface area contributed by atoms with Crippen LogP contribution in [0.3, 0.4) is 0 Å². The summed E-state index contributed by atoms with van der Waals surface area (Å²) in [4.78, 5) is 4.28. The molecule has 1 aliphatic carbocycles. The van der Waals surface area contributed by atoms with Crippen molar-refractivity contribution in [2.75, 3.05) is 9.80 Å². The Kier molecular flexibility index (Phi) is 7.20. The monoisotopic (exact) mass is 833 g/mol. The summed E-state index contributed by atoms with van der Waals surface area (Å²) < 4.78 is 44.6. The summed E-state index contributed by atoms with van der Waals surface area (Å²) in [5, 5.41) is 0. The lowest BCUT2D eigenvalue weighted by molar-refractivity contribution is 0.660. The van der Waals surface area contributed by atoms with Crippen molar-refractivity contribution in [3.05, 3.63) is 242 Å². The molecule has 3 aliphatic rings. The third kappa shape index (κ3) is 5.74. The lowest BCUT2D eigenvalue weighted by Gasteiger charge is -2.29. The first-order valence-electron chi connectivity index (χ1n) is 24.8. The fraction of sp³-hybridized carbons (Fsp3) is 0.0476. The van der Waals surface area contributed by atoms with Crippen LogP contribution in [-0.2, 0) is 5.41 Å². The van der Waals surface area contributed by atoms with Crippen LogP contribution in [0.1, 0.15) is 31.8 Å². The van der Waals surface area contributed by atoms with E-state index in [1.54, 1.807) is 0 Å². The molecule has 0 bridgehead atoms. The topological polar surface area (TPSA) is 6.48 Å². The predicted molar refractivity (Wildman–Crippen MR) is 273 cm³/mol. The standard InChI is InChI=1S/C63H44N2/c1-63(2)57-28-13-10-25-51(57)52-34-31-42(38-58(52)63)41-17-16-20-46(37-41)65-60-30-15-12-27-54(60)48-22-7-9-24-50(48)56-36-33-44(40-62(56)65)43-32-35-55-49-23-8-6-21-47(49)53-26-11-14-29-59(53)64(61(55)39-43)45-18-4-3-5-19-45/h3-40H,1-2H3/i3D,4D,5D,18D,19D. The largest absolute Gasteiger partial charge is 0.309 e. The molecule has 0 spiro atoms. The number of hydrogen-bond acceptors (Lipinski definition) is 2. The predicted octanol–water partition coefficient (Wildman–Crippen LogP) is 17.6. The van der Waals surface area contributed by atoms with E-state index in [0.717, 1.165) is 83.9 Å². The molecule has 0 N–H and O–H groups in total. The number of nitrogens with zero attached hydrogens (tertiary/aromatic N) is 2. The van der Waals surface area contributed by atoms with Gasteiger partial charge in [-0.25, -0.2) is 0 Å². The van der Waals surface area contributed by atoms with Crippen molar-refractivity contribution in [2.24, 2.45) is 0 Å². The summed E-state index contributed by atoms with van der Waals surface area (Å²) >= 11 is 0. The summed E-state index contributed by atoms with van der Waals surface area (Å²) in [5.74, 6) is 0. The highest BCUT2D eigenvalue weighted by atomic mass is 15.2. The van der Waals surface area contributed by atoms with Gasteiger partial charge in [-0.05, 0) is 121 Å². The van der Waals surface area contributed by atoms with E-state index in [1.807, 2.05) is 41.3 Å². The van der Waals surface area contributed by atoms with Crippen molar-refractivity contribution in [3.63, 3.8) is 0 Å². The lowest BCUT2D eigenvalue weighted by atomic mass is 9.81. The Morgan fingerprint density at radius 1 is 0.308 bits per heavy atom. The van der Waals surface area contributed by atoms with E-state index in [9.17, 15) is 2.74 Å². The van der Waals surface area contributed by atoms with Crippen LogP contribution < -0.4 is 9.80 Å². The zero-order valence-electron chi connectivity index (χ0n) is 40.9. The molecular weight excluding hydrogens is 785 g/mol. The number of fused-ring (bicyclic) bond motifs is 13. The summed E-state index contributed by atoms with van der Waals surface area (Å²) in [5.41, 5.74) is 22.3. The van der Waals surface area contributed by atoms with E-state index in [4.69, 9.17) is 4.11 Å². The highest BCUT2D eigenvalue weighted by Gasteiger charge is 2.35. The molecule has 13 rings (SSSR count). The average Bonchev–Trinajstić information content (AvgIpc) is 3.48. The fourth-order valence-corrected chi connectivity index (χ4v) is 10.8. The van der Waals surface area contributed by atoms with Gasteiger partial charge in [0.2, 0.25) is 0 Å². The molecule has 0 atom stereocenters. The molecule has 0 unspecified atom stereocenters. The molecule has 0 fully saturated rings. The summed E-state index contributed by atoms with van der Waals surface area (Å²) in [6, 6.07) is 69.4. The Hall–Kier alpha value is -8.20. The zero-order chi connectivity index (χ0) is 47.6. The first-order chi connectivity index (χ1) is 34.1. The number of anilines is 6. The maximum atomic E-state index is 9.28. The molecule has 0 aromatic heterocycles. The fourth-order valence-electron chi connectivity index (χ4n) is 10.8. The Bertz CT molecular complexity index is 3820. The number of rotatable bonds is 4. The van der Waals surface area contributed by atoms with Crippen LogP contribution in [0.2, 0.25) is 0 Å². The number of benzene rings is 10. The second-order valence-electron chi connectivity index (χ2n) is 17.7. The van der Waals surface area contributed by atoms with Crippen LogP contribution in [0.15, 0.2) is 230 Å². The van der Waals surface area contributed by atoms with Crippen LogP contribution in [-0.4, -0.2) is 0 Å². The molecule has 2 heterocycles. The minimum atomic E-state index is -0.426. The van der Waals surface area contributed by atoms with E-state index < -0.39 is 6.04 Å². The van der Waals surface area contributed by atoms with Gasteiger partial charge in [0, 0.05) is 39.0 Å². The summed E-state index contributed by atoms with van der Waals surface area (Å²) in [6.07, 6.45) is 0. The maximum Gasteiger partial charge on any atom is 0.0645 e. The van der Waals surface area contributed by atoms with Crippen molar-refractivity contribution in [1.82, 2.24) is 0 Å². The van der Waals surface area contributed by atoms with E-state index in [1.165, 1.54) is 27.8 Å². The first kappa shape index (κ1) is 32.5. The van der Waals surface area contributed by atoms with Crippen LogP contribution in [0.5, 0.6) is 0 Å². The Balaban J connectivity index is 1.02. The van der Waals surface area contributed by atoms with Crippen molar-refractivity contribution in [3.8, 4) is 77.9 Å². The third-order valence-corrected chi connectivity index (χ3v) is 13.8. The Morgan fingerprint density at radius 3 is 1.29 bits per heavy atom. The van der Waals surface area contributed by atoms with Gasteiger partial charge in [0.25, 0.3) is 0 Å². The van der Waals surface area contributed by atoms with Crippen LogP contribution >= 0.6 is 0 Å². The van der Waals surface area contributed by atoms with Gasteiger partial charge in [0.15, 0.2) is 0 Å². The second kappa shape index (κ2) is 14.4. The molecule has 0 radical (unpaired) electrons. The molecule has 10 aromatic carbocycles. The van der Waals surface area contributed by atoms with Crippen molar-refractivity contribution in [1.29, 1.82) is 0 Å². The van der Waals surface area contributed by atoms with Crippen LogP contribution in [0.25, 0.3) is 77.9 Å². The SMILES string of the molecule is [2H]c1c([2H])c([2H])c(N2c3ccccc3-c3ccccc3-c3ccc(-c4ccc5c(c4)N(c4cccc(-c6ccc7c(c6)C(C)(C)c6ccccc6-7)c4)c4ccccc4-c4ccccc4-5)cc32)c([2H])c1[2H]. The molecule has 65 heavy (non-hydrogen) atoms. The molecule has 2 nitrogen and oxygen atoms in total. The van der Waals surface area contributed by atoms with E-state index in [-0.39, 0.29) is 35.3 Å². The molecule has 10 aromatic rings. The molecule has 2 heteroatoms. The lowest BCUT2D eigenvalue weighted by Crippen LogP contribution is -2.14. The highest BCUT2D eigenvalue weighted by Crippen LogP contribution is 2.55. The molecular formula is C63H44N2. The smallest absolute Gasteiger partial charge is 0.0645 e. The normalized spacial score (nSPS) is 14.5. The average molecular weight is 834 g/mol. The molecule has 2 aliphatic heterocycles. The first-order valence-corrected chi connectivity index (χ1v) is 22.3. The Labute approximate surface area is 388 Å². The molecule has 306 valence electrons. The van der Waals surface area contributed by atoms with Gasteiger partial charge in [-0.15, -0.1) is 0 Å². The van der Waals surface area contributed by atoms with Gasteiger partial charge in [-0.3, -0.25) is 0 Å². The highest BCUT2D eigenvalue weighted by molar-refractivity contribution is 6.06. The minimum Gasteiger partial charge on any atom is -0.309 e. The van der Waals surface area contributed by atoms with Gasteiger partial charge in [-0.1, -0.05) is 190 Å². The second-order valence-corrected chi connectivity index (χ2v) is 17.7. The molecule has 0 saturated carbocycles.